The molecule has 19 heavy (non-hydrogen) atoms. The molecule has 1 fully saturated rings. The molecule has 1 N–H and O–H groups in total. The lowest BCUT2D eigenvalue weighted by Crippen LogP contribution is -2.37. The van der Waals surface area contributed by atoms with Gasteiger partial charge in [-0.3, -0.25) is 0 Å². The Bertz CT molecular complexity index is 515. The highest BCUT2D eigenvalue weighted by Gasteiger charge is 2.18. The zero-order valence-electron chi connectivity index (χ0n) is 10.7. The van der Waals surface area contributed by atoms with Crippen LogP contribution in [0.25, 0.3) is 0 Å². The number of halogens is 1. The number of likely N-dealkylation sites (tertiary alicyclic amines) is 1. The zero-order chi connectivity index (χ0) is 13.7. The van der Waals surface area contributed by atoms with E-state index in [4.69, 9.17) is 11.6 Å². The normalized spacial score (nSPS) is 17.5. The van der Waals surface area contributed by atoms with Crippen molar-refractivity contribution in [2.75, 3.05) is 26.2 Å². The van der Waals surface area contributed by atoms with Crippen molar-refractivity contribution in [2.24, 2.45) is 0 Å². The van der Waals surface area contributed by atoms with Crippen LogP contribution in [-0.4, -0.2) is 44.5 Å². The molecule has 1 aromatic rings. The highest BCUT2D eigenvalue weighted by Crippen LogP contribution is 2.17. The summed E-state index contributed by atoms with van der Waals surface area (Å²) < 4.78 is 26.7. The average Bonchev–Trinajstić information content (AvgIpc) is 2.40. The van der Waals surface area contributed by atoms with Gasteiger partial charge >= 0.3 is 0 Å². The van der Waals surface area contributed by atoms with Crippen molar-refractivity contribution in [3.05, 3.63) is 23.5 Å². The monoisotopic (exact) mass is 303 g/mol. The molecule has 1 aromatic heterocycles. The smallest absolute Gasteiger partial charge is 0.243 e. The maximum Gasteiger partial charge on any atom is 0.243 e. The van der Waals surface area contributed by atoms with Crippen LogP contribution in [0, 0.1) is 0 Å². The van der Waals surface area contributed by atoms with Crippen LogP contribution in [0.2, 0.25) is 5.15 Å². The second-order valence-electron chi connectivity index (χ2n) is 4.59. The van der Waals surface area contributed by atoms with E-state index in [9.17, 15) is 8.42 Å². The first-order chi connectivity index (χ1) is 9.09. The number of piperidine rings is 1. The van der Waals surface area contributed by atoms with Crippen LogP contribution >= 0.6 is 11.6 Å². The zero-order valence-corrected chi connectivity index (χ0v) is 12.3. The fourth-order valence-corrected chi connectivity index (χ4v) is 3.64. The molecular formula is C12H18ClN3O2S. The summed E-state index contributed by atoms with van der Waals surface area (Å²) in [7, 11) is -3.56. The van der Waals surface area contributed by atoms with E-state index in [1.165, 1.54) is 31.5 Å². The Kier molecular flexibility index (Phi) is 5.15. The summed E-state index contributed by atoms with van der Waals surface area (Å²) in [5, 5.41) is 0.00738. The third kappa shape index (κ3) is 4.14. The number of nitrogens with zero attached hydrogens (tertiary/aromatic N) is 2. The fraction of sp³-hybridized carbons (Fsp3) is 0.583. The molecule has 1 aliphatic heterocycles. The number of hydrogen-bond donors (Lipinski definition) is 1. The second kappa shape index (κ2) is 6.65. The number of rotatable bonds is 5. The predicted octanol–water partition coefficient (Wildman–Crippen LogP) is 1.50. The second-order valence-corrected chi connectivity index (χ2v) is 6.69. The van der Waals surface area contributed by atoms with Crippen LogP contribution in [0.1, 0.15) is 19.3 Å². The quantitative estimate of drug-likeness (QED) is 0.837. The van der Waals surface area contributed by atoms with Crippen LogP contribution in [0.4, 0.5) is 0 Å². The first kappa shape index (κ1) is 14.7. The van der Waals surface area contributed by atoms with Gasteiger partial charge in [0.1, 0.15) is 10.0 Å². The van der Waals surface area contributed by atoms with Crippen molar-refractivity contribution in [2.45, 2.75) is 24.2 Å². The minimum atomic E-state index is -3.56. The van der Waals surface area contributed by atoms with Crippen molar-refractivity contribution in [3.63, 3.8) is 0 Å². The summed E-state index contributed by atoms with van der Waals surface area (Å²) in [6.07, 6.45) is 5.13. The van der Waals surface area contributed by atoms with Crippen molar-refractivity contribution >= 4 is 21.6 Å². The SMILES string of the molecule is O=S(=O)(NCCN1CCCCC1)c1cccnc1Cl. The molecule has 1 aliphatic rings. The van der Waals surface area contributed by atoms with E-state index in [1.807, 2.05) is 0 Å². The molecule has 0 spiro atoms. The Hall–Kier alpha value is -0.690. The lowest BCUT2D eigenvalue weighted by Gasteiger charge is -2.26. The van der Waals surface area contributed by atoms with Crippen LogP contribution in [0.15, 0.2) is 23.2 Å². The van der Waals surface area contributed by atoms with Crippen molar-refractivity contribution in [1.82, 2.24) is 14.6 Å². The molecule has 0 unspecified atom stereocenters. The Labute approximate surface area is 119 Å². The van der Waals surface area contributed by atoms with Gasteiger partial charge in [0.25, 0.3) is 0 Å². The summed E-state index contributed by atoms with van der Waals surface area (Å²) in [6, 6.07) is 3.02. The predicted molar refractivity (Wildman–Crippen MR) is 74.7 cm³/mol. The topological polar surface area (TPSA) is 62.3 Å². The molecule has 2 rings (SSSR count). The van der Waals surface area contributed by atoms with E-state index in [0.717, 1.165) is 19.6 Å². The Balaban J connectivity index is 1.89. The van der Waals surface area contributed by atoms with Crippen LogP contribution < -0.4 is 4.72 Å². The number of pyridine rings is 1. The Morgan fingerprint density at radius 2 is 2.05 bits per heavy atom. The molecule has 5 nitrogen and oxygen atoms in total. The third-order valence-corrected chi connectivity index (χ3v) is 5.09. The molecule has 0 saturated carbocycles. The summed E-state index contributed by atoms with van der Waals surface area (Å²) in [5.41, 5.74) is 0. The lowest BCUT2D eigenvalue weighted by molar-refractivity contribution is 0.233. The number of hydrogen-bond acceptors (Lipinski definition) is 4. The van der Waals surface area contributed by atoms with Gasteiger partial charge in [0.15, 0.2) is 0 Å². The van der Waals surface area contributed by atoms with Crippen LogP contribution in [0.5, 0.6) is 0 Å². The van der Waals surface area contributed by atoms with Crippen molar-refractivity contribution in [1.29, 1.82) is 0 Å². The van der Waals surface area contributed by atoms with Crippen LogP contribution in [0.3, 0.4) is 0 Å². The summed E-state index contributed by atoms with van der Waals surface area (Å²) >= 11 is 5.80. The van der Waals surface area contributed by atoms with E-state index in [1.54, 1.807) is 6.07 Å². The van der Waals surface area contributed by atoms with Gasteiger partial charge in [-0.15, -0.1) is 0 Å². The molecule has 1 saturated heterocycles. The number of sulfonamides is 1. The van der Waals surface area contributed by atoms with Gasteiger partial charge in [-0.05, 0) is 38.1 Å². The molecule has 0 bridgehead atoms. The number of aromatic nitrogens is 1. The van der Waals surface area contributed by atoms with Gasteiger partial charge in [0.05, 0.1) is 0 Å². The maximum atomic E-state index is 12.0. The van der Waals surface area contributed by atoms with Gasteiger partial charge < -0.3 is 4.90 Å². The van der Waals surface area contributed by atoms with Crippen LogP contribution in [-0.2, 0) is 10.0 Å². The van der Waals surface area contributed by atoms with Crippen molar-refractivity contribution < 1.29 is 8.42 Å². The molecule has 106 valence electrons. The minimum Gasteiger partial charge on any atom is -0.302 e. The van der Waals surface area contributed by atoms with E-state index >= 15 is 0 Å². The average molecular weight is 304 g/mol. The van der Waals surface area contributed by atoms with E-state index in [2.05, 4.69) is 14.6 Å². The highest BCUT2D eigenvalue weighted by atomic mass is 35.5. The molecule has 7 heteroatoms. The standard InChI is InChI=1S/C12H18ClN3O2S/c13-12-11(5-4-6-14-12)19(17,18)15-7-10-16-8-2-1-3-9-16/h4-6,15H,1-3,7-10H2. The van der Waals surface area contributed by atoms with Gasteiger partial charge in [-0.1, -0.05) is 18.0 Å². The molecule has 0 atom stereocenters. The Morgan fingerprint density at radius 1 is 1.32 bits per heavy atom. The highest BCUT2D eigenvalue weighted by molar-refractivity contribution is 7.89. The Morgan fingerprint density at radius 3 is 2.74 bits per heavy atom. The molecule has 0 aromatic carbocycles. The lowest BCUT2D eigenvalue weighted by atomic mass is 10.1. The van der Waals surface area contributed by atoms with Crippen molar-refractivity contribution in [3.8, 4) is 0 Å². The summed E-state index contributed by atoms with van der Waals surface area (Å²) in [6.45, 7) is 3.23. The van der Waals surface area contributed by atoms with Gasteiger partial charge in [-0.2, -0.15) is 0 Å². The van der Waals surface area contributed by atoms with Gasteiger partial charge in [-0.25, -0.2) is 18.1 Å². The third-order valence-electron chi connectivity index (χ3n) is 3.18. The summed E-state index contributed by atoms with van der Waals surface area (Å²) in [5.74, 6) is 0. The first-order valence-electron chi connectivity index (χ1n) is 6.42. The van der Waals surface area contributed by atoms with Gasteiger partial charge in [0, 0.05) is 19.3 Å². The summed E-state index contributed by atoms with van der Waals surface area (Å²) in [4.78, 5) is 6.09. The van der Waals surface area contributed by atoms with E-state index in [0.29, 0.717) is 6.54 Å². The number of nitrogens with one attached hydrogen (secondary N) is 1. The fourth-order valence-electron chi connectivity index (χ4n) is 2.17. The minimum absolute atomic E-state index is 0.00738. The largest absolute Gasteiger partial charge is 0.302 e. The van der Waals surface area contributed by atoms with E-state index < -0.39 is 10.0 Å². The van der Waals surface area contributed by atoms with Gasteiger partial charge in [0.2, 0.25) is 10.0 Å². The first-order valence-corrected chi connectivity index (χ1v) is 8.28. The maximum absolute atomic E-state index is 12.0. The molecule has 0 amide bonds. The molecule has 2 heterocycles. The molecule has 0 radical (unpaired) electrons. The van der Waals surface area contributed by atoms with E-state index in [-0.39, 0.29) is 10.0 Å². The molecular weight excluding hydrogens is 286 g/mol. The molecule has 0 aliphatic carbocycles.